The normalized spacial score (nSPS) is 22.8. The summed E-state index contributed by atoms with van der Waals surface area (Å²) in [4.78, 5) is 16.2. The van der Waals surface area contributed by atoms with Gasteiger partial charge in [-0.25, -0.2) is 4.99 Å². The van der Waals surface area contributed by atoms with Crippen LogP contribution in [0.4, 0.5) is 0 Å². The SMILES string of the molecule is CCCCCCCCCCCC/C=C/CC1N=CC[N+]1(CC)C(C)NC(C)=O. The van der Waals surface area contributed by atoms with E-state index in [1.807, 2.05) is 6.21 Å². The Balaban J connectivity index is 2.17. The predicted octanol–water partition coefficient (Wildman–Crippen LogP) is 5.97. The van der Waals surface area contributed by atoms with Crippen LogP contribution >= 0.6 is 0 Å². The fourth-order valence-corrected chi connectivity index (χ4v) is 4.38. The first-order valence-electron chi connectivity index (χ1n) is 11.9. The number of carbonyl (C=O) groups is 1. The number of hydrogen-bond acceptors (Lipinski definition) is 2. The number of nitrogens with one attached hydrogen (secondary N) is 1. The van der Waals surface area contributed by atoms with E-state index in [-0.39, 0.29) is 18.2 Å². The van der Waals surface area contributed by atoms with Crippen molar-refractivity contribution in [1.29, 1.82) is 0 Å². The molecule has 0 saturated carbocycles. The van der Waals surface area contributed by atoms with Crippen molar-refractivity contribution in [3.05, 3.63) is 12.2 Å². The van der Waals surface area contributed by atoms with Crippen LogP contribution in [0.2, 0.25) is 0 Å². The summed E-state index contributed by atoms with van der Waals surface area (Å²) in [7, 11) is 0. The third-order valence-corrected chi connectivity index (χ3v) is 6.30. The van der Waals surface area contributed by atoms with Crippen molar-refractivity contribution in [3.8, 4) is 0 Å². The zero-order chi connectivity index (χ0) is 20.7. The molecule has 1 rings (SSSR count). The Labute approximate surface area is 174 Å². The van der Waals surface area contributed by atoms with Crippen LogP contribution in [0.1, 0.15) is 105 Å². The molecule has 162 valence electrons. The van der Waals surface area contributed by atoms with Gasteiger partial charge < -0.3 is 5.32 Å². The van der Waals surface area contributed by atoms with Crippen LogP contribution in [0, 0.1) is 0 Å². The molecule has 4 nitrogen and oxygen atoms in total. The molecule has 0 aromatic carbocycles. The minimum absolute atomic E-state index is 0.0422. The lowest BCUT2D eigenvalue weighted by Crippen LogP contribution is -2.63. The van der Waals surface area contributed by atoms with Gasteiger partial charge >= 0.3 is 0 Å². The fourth-order valence-electron chi connectivity index (χ4n) is 4.38. The summed E-state index contributed by atoms with van der Waals surface area (Å²) in [6, 6.07) is 0. The predicted molar refractivity (Wildman–Crippen MR) is 121 cm³/mol. The molecule has 1 aliphatic heterocycles. The molecule has 28 heavy (non-hydrogen) atoms. The Morgan fingerprint density at radius 2 is 1.68 bits per heavy atom. The second kappa shape index (κ2) is 14.8. The molecule has 3 atom stereocenters. The Hall–Kier alpha value is -1.16. The van der Waals surface area contributed by atoms with E-state index in [0.29, 0.717) is 0 Å². The zero-order valence-electron chi connectivity index (χ0n) is 19.1. The van der Waals surface area contributed by atoms with Crippen LogP contribution in [-0.2, 0) is 4.79 Å². The van der Waals surface area contributed by atoms with Gasteiger partial charge in [-0.2, -0.15) is 0 Å². The number of hydrogen-bond donors (Lipinski definition) is 1. The monoisotopic (exact) mass is 392 g/mol. The quantitative estimate of drug-likeness (QED) is 0.196. The Morgan fingerprint density at radius 3 is 2.25 bits per heavy atom. The van der Waals surface area contributed by atoms with Crippen molar-refractivity contribution in [2.75, 3.05) is 13.1 Å². The fraction of sp³-hybridized carbons (Fsp3) is 0.833. The number of unbranched alkanes of at least 4 members (excludes halogenated alkanes) is 10. The van der Waals surface area contributed by atoms with Crippen molar-refractivity contribution in [2.45, 2.75) is 117 Å². The molecule has 4 heteroatoms. The van der Waals surface area contributed by atoms with Gasteiger partial charge in [0, 0.05) is 20.3 Å². The van der Waals surface area contributed by atoms with Crippen molar-refractivity contribution in [2.24, 2.45) is 4.99 Å². The van der Waals surface area contributed by atoms with Crippen LogP contribution in [0.25, 0.3) is 0 Å². The highest BCUT2D eigenvalue weighted by Crippen LogP contribution is 2.25. The van der Waals surface area contributed by atoms with Crippen LogP contribution in [0.5, 0.6) is 0 Å². The van der Waals surface area contributed by atoms with Crippen molar-refractivity contribution >= 4 is 12.1 Å². The molecule has 3 unspecified atom stereocenters. The molecule has 1 N–H and O–H groups in total. The number of nitrogens with zero attached hydrogens (tertiary/aromatic N) is 2. The Bertz CT molecular complexity index is 474. The van der Waals surface area contributed by atoms with Crippen molar-refractivity contribution < 1.29 is 9.28 Å². The van der Waals surface area contributed by atoms with Gasteiger partial charge in [0.2, 0.25) is 5.91 Å². The summed E-state index contributed by atoms with van der Waals surface area (Å²) in [6.07, 6.45) is 23.1. The van der Waals surface area contributed by atoms with Gasteiger partial charge in [0.05, 0.1) is 12.8 Å². The number of amides is 1. The highest BCUT2D eigenvalue weighted by Gasteiger charge is 2.42. The minimum Gasteiger partial charge on any atom is -0.307 e. The summed E-state index contributed by atoms with van der Waals surface area (Å²) in [5, 5.41) is 3.08. The molecule has 0 spiro atoms. The van der Waals surface area contributed by atoms with E-state index in [2.05, 4.69) is 38.2 Å². The number of aliphatic imine (C=N–C) groups is 1. The lowest BCUT2D eigenvalue weighted by molar-refractivity contribution is -0.958. The van der Waals surface area contributed by atoms with E-state index < -0.39 is 0 Å². The third kappa shape index (κ3) is 8.89. The van der Waals surface area contributed by atoms with Gasteiger partial charge in [-0.05, 0) is 19.8 Å². The topological polar surface area (TPSA) is 41.5 Å². The van der Waals surface area contributed by atoms with Crippen LogP contribution in [0.15, 0.2) is 17.1 Å². The Morgan fingerprint density at radius 1 is 1.07 bits per heavy atom. The summed E-state index contributed by atoms with van der Waals surface area (Å²) >= 11 is 0. The number of allylic oxidation sites excluding steroid dienone is 1. The van der Waals surface area contributed by atoms with Crippen LogP contribution in [-0.4, -0.2) is 42.0 Å². The molecule has 1 heterocycles. The summed E-state index contributed by atoms with van der Waals surface area (Å²) in [6.45, 7) is 10.1. The van der Waals surface area contributed by atoms with Crippen LogP contribution < -0.4 is 5.32 Å². The van der Waals surface area contributed by atoms with Gasteiger partial charge in [-0.15, -0.1) is 0 Å². The average molecular weight is 393 g/mol. The highest BCUT2D eigenvalue weighted by molar-refractivity contribution is 5.73. The van der Waals surface area contributed by atoms with Crippen molar-refractivity contribution in [1.82, 2.24) is 5.32 Å². The maximum Gasteiger partial charge on any atom is 0.221 e. The molecule has 0 bridgehead atoms. The first kappa shape index (κ1) is 24.9. The summed E-state index contributed by atoms with van der Waals surface area (Å²) < 4.78 is 0.835. The van der Waals surface area contributed by atoms with Gasteiger partial charge in [0.15, 0.2) is 12.3 Å². The maximum absolute atomic E-state index is 11.5. The molecule has 0 aromatic heterocycles. The lowest BCUT2D eigenvalue weighted by atomic mass is 10.1. The van der Waals surface area contributed by atoms with E-state index in [1.165, 1.54) is 70.6 Å². The second-order valence-corrected chi connectivity index (χ2v) is 8.47. The molecule has 0 fully saturated rings. The molecule has 0 saturated heterocycles. The first-order chi connectivity index (χ1) is 13.6. The van der Waals surface area contributed by atoms with Crippen LogP contribution in [0.3, 0.4) is 0 Å². The largest absolute Gasteiger partial charge is 0.307 e. The summed E-state index contributed by atoms with van der Waals surface area (Å²) in [5.41, 5.74) is 0. The minimum atomic E-state index is 0.0422. The maximum atomic E-state index is 11.5. The van der Waals surface area contributed by atoms with Gasteiger partial charge in [0.1, 0.15) is 6.54 Å². The van der Waals surface area contributed by atoms with E-state index >= 15 is 0 Å². The molecule has 1 aliphatic rings. The third-order valence-electron chi connectivity index (χ3n) is 6.30. The van der Waals surface area contributed by atoms with E-state index in [9.17, 15) is 4.79 Å². The smallest absolute Gasteiger partial charge is 0.221 e. The number of carbonyl (C=O) groups excluding carboxylic acids is 1. The van der Waals surface area contributed by atoms with E-state index in [0.717, 1.165) is 24.0 Å². The summed E-state index contributed by atoms with van der Waals surface area (Å²) in [5.74, 6) is 0.0422. The van der Waals surface area contributed by atoms with E-state index in [4.69, 9.17) is 4.99 Å². The van der Waals surface area contributed by atoms with Gasteiger partial charge in [0.25, 0.3) is 0 Å². The van der Waals surface area contributed by atoms with E-state index in [1.54, 1.807) is 6.92 Å². The number of quaternary nitrogens is 1. The van der Waals surface area contributed by atoms with Gasteiger partial charge in [-0.3, -0.25) is 9.28 Å². The molecule has 0 aromatic rings. The second-order valence-electron chi connectivity index (χ2n) is 8.47. The molecular weight excluding hydrogens is 346 g/mol. The molecule has 0 radical (unpaired) electrons. The van der Waals surface area contributed by atoms with Gasteiger partial charge in [-0.1, -0.05) is 76.9 Å². The molecular formula is C24H46N3O+. The molecule has 1 amide bonds. The zero-order valence-corrected chi connectivity index (χ0v) is 19.1. The van der Waals surface area contributed by atoms with Crippen molar-refractivity contribution in [3.63, 3.8) is 0 Å². The standard InChI is InChI=1S/C24H45N3O/c1-5-7-8-9-10-11-12-13-14-15-16-17-18-19-24-25-20-21-27(24,6-2)22(3)26-23(4)28/h17-18,20,22,24H,5-16,19,21H2,1-4H3/p+1/b18-17+. The lowest BCUT2D eigenvalue weighted by Gasteiger charge is -2.42. The highest BCUT2D eigenvalue weighted by atomic mass is 16.1. The molecule has 0 aliphatic carbocycles. The Kier molecular flexibility index (Phi) is 13.1. The first-order valence-corrected chi connectivity index (χ1v) is 11.9. The average Bonchev–Trinajstić information content (AvgIpc) is 3.09. The number of rotatable bonds is 16.